The summed E-state index contributed by atoms with van der Waals surface area (Å²) in [7, 11) is 0. The fourth-order valence-electron chi connectivity index (χ4n) is 2.00. The van der Waals surface area contributed by atoms with E-state index >= 15 is 0 Å². The van der Waals surface area contributed by atoms with Crippen molar-refractivity contribution in [2.24, 2.45) is 5.92 Å². The highest BCUT2D eigenvalue weighted by Crippen LogP contribution is 2.32. The van der Waals surface area contributed by atoms with Crippen molar-refractivity contribution in [1.82, 2.24) is 5.32 Å². The van der Waals surface area contributed by atoms with Crippen molar-refractivity contribution in [3.63, 3.8) is 0 Å². The number of halogens is 2. The zero-order chi connectivity index (χ0) is 14.0. The van der Waals surface area contributed by atoms with Gasteiger partial charge in [-0.15, -0.1) is 0 Å². The first-order chi connectivity index (χ1) is 8.97. The molecule has 1 heterocycles. The van der Waals surface area contributed by atoms with E-state index < -0.39 is 0 Å². The Hall–Kier alpha value is -0.880. The van der Waals surface area contributed by atoms with E-state index in [9.17, 15) is 9.59 Å². The van der Waals surface area contributed by atoms with Crippen LogP contribution in [0.3, 0.4) is 0 Å². The van der Waals surface area contributed by atoms with E-state index in [4.69, 9.17) is 0 Å². The minimum absolute atomic E-state index is 0.0155. The molecule has 2 rings (SSSR count). The standard InChI is InChI=1S/C13H14Br2N2O2/c1-7-4-9(14)12(10(15)5-7)17-13(19)8-2-3-11(18)16-6-8/h4-5,8H,2-3,6H2,1H3,(H,16,18)(H,17,19). The van der Waals surface area contributed by atoms with Crippen LogP contribution >= 0.6 is 31.9 Å². The molecule has 0 aromatic heterocycles. The van der Waals surface area contributed by atoms with Crippen molar-refractivity contribution in [2.75, 3.05) is 11.9 Å². The van der Waals surface area contributed by atoms with Crippen LogP contribution in [0.5, 0.6) is 0 Å². The number of carbonyl (C=O) groups is 2. The van der Waals surface area contributed by atoms with Gasteiger partial charge in [0, 0.05) is 21.9 Å². The van der Waals surface area contributed by atoms with Gasteiger partial charge in [-0.3, -0.25) is 9.59 Å². The van der Waals surface area contributed by atoms with Crippen molar-refractivity contribution < 1.29 is 9.59 Å². The molecule has 1 unspecified atom stereocenters. The SMILES string of the molecule is Cc1cc(Br)c(NC(=O)C2CCC(=O)NC2)c(Br)c1. The summed E-state index contributed by atoms with van der Waals surface area (Å²) < 4.78 is 1.68. The number of rotatable bonds is 2. The molecule has 1 aliphatic heterocycles. The first-order valence-electron chi connectivity index (χ1n) is 6.00. The number of hydrogen-bond donors (Lipinski definition) is 2. The maximum absolute atomic E-state index is 12.2. The average molecular weight is 390 g/mol. The van der Waals surface area contributed by atoms with Gasteiger partial charge in [-0.1, -0.05) is 0 Å². The number of anilines is 1. The molecule has 102 valence electrons. The highest BCUT2D eigenvalue weighted by atomic mass is 79.9. The third kappa shape index (κ3) is 3.57. The molecule has 19 heavy (non-hydrogen) atoms. The van der Waals surface area contributed by atoms with E-state index in [0.717, 1.165) is 20.2 Å². The largest absolute Gasteiger partial charge is 0.355 e. The van der Waals surface area contributed by atoms with Gasteiger partial charge in [-0.05, 0) is 62.9 Å². The molecule has 1 aliphatic rings. The molecule has 1 aromatic carbocycles. The number of benzene rings is 1. The van der Waals surface area contributed by atoms with E-state index in [2.05, 4.69) is 42.5 Å². The monoisotopic (exact) mass is 388 g/mol. The fraction of sp³-hybridized carbons (Fsp3) is 0.385. The van der Waals surface area contributed by atoms with Crippen LogP contribution < -0.4 is 10.6 Å². The van der Waals surface area contributed by atoms with Gasteiger partial charge < -0.3 is 10.6 Å². The van der Waals surface area contributed by atoms with Crippen molar-refractivity contribution in [1.29, 1.82) is 0 Å². The van der Waals surface area contributed by atoms with Crippen LogP contribution in [0.15, 0.2) is 21.1 Å². The Labute approximate surface area is 128 Å². The molecule has 6 heteroatoms. The second-order valence-electron chi connectivity index (χ2n) is 4.63. The molecule has 1 saturated heterocycles. The molecule has 0 aliphatic carbocycles. The highest BCUT2D eigenvalue weighted by Gasteiger charge is 2.25. The summed E-state index contributed by atoms with van der Waals surface area (Å²) in [5, 5.41) is 5.62. The van der Waals surface area contributed by atoms with Crippen LogP contribution in [0.4, 0.5) is 5.69 Å². The minimum Gasteiger partial charge on any atom is -0.355 e. The lowest BCUT2D eigenvalue weighted by atomic mass is 9.98. The molecule has 1 atom stereocenters. The predicted molar refractivity (Wildman–Crippen MR) is 80.9 cm³/mol. The summed E-state index contributed by atoms with van der Waals surface area (Å²) >= 11 is 6.89. The van der Waals surface area contributed by atoms with Crippen LogP contribution in [-0.2, 0) is 9.59 Å². The normalized spacial score (nSPS) is 18.9. The van der Waals surface area contributed by atoms with Gasteiger partial charge in [0.15, 0.2) is 0 Å². The molecule has 0 spiro atoms. The van der Waals surface area contributed by atoms with Crippen molar-refractivity contribution in [2.45, 2.75) is 19.8 Å². The van der Waals surface area contributed by atoms with Gasteiger partial charge in [0.1, 0.15) is 0 Å². The highest BCUT2D eigenvalue weighted by molar-refractivity contribution is 9.11. The summed E-state index contributed by atoms with van der Waals surface area (Å²) in [5.41, 5.74) is 1.83. The van der Waals surface area contributed by atoms with E-state index in [1.165, 1.54) is 0 Å². The van der Waals surface area contributed by atoms with Crippen LogP contribution in [-0.4, -0.2) is 18.4 Å². The van der Waals surface area contributed by atoms with Gasteiger partial charge in [0.25, 0.3) is 0 Å². The smallest absolute Gasteiger partial charge is 0.229 e. The molecule has 0 radical (unpaired) electrons. The Balaban J connectivity index is 2.09. The van der Waals surface area contributed by atoms with Crippen LogP contribution in [0.1, 0.15) is 18.4 Å². The summed E-state index contributed by atoms with van der Waals surface area (Å²) in [6.45, 7) is 2.39. The van der Waals surface area contributed by atoms with Crippen LogP contribution in [0.25, 0.3) is 0 Å². The van der Waals surface area contributed by atoms with Gasteiger partial charge >= 0.3 is 0 Å². The van der Waals surface area contributed by atoms with Gasteiger partial charge in [0.05, 0.1) is 11.6 Å². The number of amides is 2. The first kappa shape index (κ1) is 14.5. The van der Waals surface area contributed by atoms with Gasteiger partial charge in [-0.25, -0.2) is 0 Å². The predicted octanol–water partition coefficient (Wildman–Crippen LogP) is 2.98. The molecule has 0 saturated carbocycles. The average Bonchev–Trinajstić information content (AvgIpc) is 2.34. The van der Waals surface area contributed by atoms with Crippen molar-refractivity contribution in [3.05, 3.63) is 26.6 Å². The summed E-state index contributed by atoms with van der Waals surface area (Å²) in [6.07, 6.45) is 1.01. The Kier molecular flexibility index (Phi) is 4.62. The molecule has 0 bridgehead atoms. The number of nitrogens with one attached hydrogen (secondary N) is 2. The summed E-state index contributed by atoms with van der Waals surface area (Å²) in [6, 6.07) is 3.89. The molecule has 4 nitrogen and oxygen atoms in total. The molecular formula is C13H14Br2N2O2. The number of aryl methyl sites for hydroxylation is 1. The Morgan fingerprint density at radius 3 is 2.53 bits per heavy atom. The molecular weight excluding hydrogens is 376 g/mol. The molecule has 2 amide bonds. The summed E-state index contributed by atoms with van der Waals surface area (Å²) in [4.78, 5) is 23.2. The third-order valence-corrected chi connectivity index (χ3v) is 4.32. The zero-order valence-corrected chi connectivity index (χ0v) is 13.6. The van der Waals surface area contributed by atoms with E-state index in [1.807, 2.05) is 19.1 Å². The Morgan fingerprint density at radius 1 is 1.37 bits per heavy atom. The molecule has 1 fully saturated rings. The maximum atomic E-state index is 12.2. The van der Waals surface area contributed by atoms with Crippen LogP contribution in [0.2, 0.25) is 0 Å². The lowest BCUT2D eigenvalue weighted by Crippen LogP contribution is -2.40. The van der Waals surface area contributed by atoms with E-state index in [0.29, 0.717) is 19.4 Å². The topological polar surface area (TPSA) is 58.2 Å². The lowest BCUT2D eigenvalue weighted by molar-refractivity contribution is -0.126. The first-order valence-corrected chi connectivity index (χ1v) is 7.59. The molecule has 1 aromatic rings. The van der Waals surface area contributed by atoms with Crippen LogP contribution in [0, 0.1) is 12.8 Å². The fourth-order valence-corrected chi connectivity index (χ4v) is 3.61. The van der Waals surface area contributed by atoms with Gasteiger partial charge in [-0.2, -0.15) is 0 Å². The minimum atomic E-state index is -0.169. The van der Waals surface area contributed by atoms with Gasteiger partial charge in [0.2, 0.25) is 11.8 Å². The third-order valence-electron chi connectivity index (χ3n) is 3.07. The Bertz CT molecular complexity index is 498. The second kappa shape index (κ2) is 6.05. The Morgan fingerprint density at radius 2 is 2.00 bits per heavy atom. The zero-order valence-electron chi connectivity index (χ0n) is 10.4. The second-order valence-corrected chi connectivity index (χ2v) is 6.34. The summed E-state index contributed by atoms with van der Waals surface area (Å²) in [5.74, 6) is -0.218. The van der Waals surface area contributed by atoms with Crippen molar-refractivity contribution in [3.8, 4) is 0 Å². The van der Waals surface area contributed by atoms with E-state index in [1.54, 1.807) is 0 Å². The molecule has 2 N–H and O–H groups in total. The number of piperidine rings is 1. The maximum Gasteiger partial charge on any atom is 0.229 e. The van der Waals surface area contributed by atoms with E-state index in [-0.39, 0.29) is 17.7 Å². The lowest BCUT2D eigenvalue weighted by Gasteiger charge is -2.22. The quantitative estimate of drug-likeness (QED) is 0.816. The van der Waals surface area contributed by atoms with Crippen molar-refractivity contribution >= 4 is 49.4 Å². The number of hydrogen-bond acceptors (Lipinski definition) is 2. The number of carbonyl (C=O) groups excluding carboxylic acids is 2.